The molecule has 0 amide bonds. The minimum absolute atomic E-state index is 0.330. The largest absolute Gasteiger partial charge is 0.393 e. The molecule has 1 aromatic carbocycles. The van der Waals surface area contributed by atoms with E-state index < -0.39 is 0 Å². The lowest BCUT2D eigenvalue weighted by Crippen LogP contribution is -2.11. The summed E-state index contributed by atoms with van der Waals surface area (Å²) in [5, 5.41) is 0.362. The smallest absolute Gasteiger partial charge is 0.124 e. The van der Waals surface area contributed by atoms with Crippen molar-refractivity contribution in [1.29, 1.82) is 0 Å². The monoisotopic (exact) mass is 203 g/mol. The summed E-state index contributed by atoms with van der Waals surface area (Å²) in [4.78, 5) is 0.330. The quantitative estimate of drug-likeness (QED) is 0.747. The number of thiocarbonyl (C=S) groups is 1. The third-order valence-corrected chi connectivity index (χ3v) is 1.66. The second-order valence-electron chi connectivity index (χ2n) is 2.42. The van der Waals surface area contributed by atoms with Gasteiger partial charge < -0.3 is 5.73 Å². The Bertz CT molecular complexity index is 294. The fourth-order valence-corrected chi connectivity index (χ4v) is 1.33. The zero-order valence-electron chi connectivity index (χ0n) is 6.18. The highest BCUT2D eigenvalue weighted by atomic mass is 35.5. The van der Waals surface area contributed by atoms with Crippen LogP contribution in [0.15, 0.2) is 18.2 Å². The van der Waals surface area contributed by atoms with Gasteiger partial charge in [0.15, 0.2) is 0 Å². The van der Waals surface area contributed by atoms with Crippen LogP contribution in [0.25, 0.3) is 0 Å². The molecule has 0 bridgehead atoms. The topological polar surface area (TPSA) is 26.0 Å². The van der Waals surface area contributed by atoms with Crippen LogP contribution in [0.2, 0.25) is 5.02 Å². The lowest BCUT2D eigenvalue weighted by Gasteiger charge is -2.00. The molecule has 0 saturated heterocycles. The van der Waals surface area contributed by atoms with Crippen LogP contribution in [-0.4, -0.2) is 4.99 Å². The number of hydrogen-bond donors (Lipinski definition) is 1. The van der Waals surface area contributed by atoms with E-state index in [1.807, 2.05) is 0 Å². The SMILES string of the molecule is NC(=S)Cc1cc(F)cc(Cl)c1. The maximum Gasteiger partial charge on any atom is 0.124 e. The van der Waals surface area contributed by atoms with Crippen LogP contribution in [-0.2, 0) is 6.42 Å². The third kappa shape index (κ3) is 2.75. The first-order valence-electron chi connectivity index (χ1n) is 3.31. The number of hydrogen-bond acceptors (Lipinski definition) is 1. The van der Waals surface area contributed by atoms with Gasteiger partial charge >= 0.3 is 0 Å². The Hall–Kier alpha value is -0.670. The van der Waals surface area contributed by atoms with Crippen molar-refractivity contribution in [3.63, 3.8) is 0 Å². The Morgan fingerprint density at radius 2 is 2.17 bits per heavy atom. The van der Waals surface area contributed by atoms with Crippen molar-refractivity contribution in [2.75, 3.05) is 0 Å². The number of nitrogens with two attached hydrogens (primary N) is 1. The third-order valence-electron chi connectivity index (χ3n) is 1.30. The number of rotatable bonds is 2. The lowest BCUT2D eigenvalue weighted by atomic mass is 10.1. The van der Waals surface area contributed by atoms with Crippen LogP contribution in [0.3, 0.4) is 0 Å². The second kappa shape index (κ2) is 3.83. The summed E-state index contributed by atoms with van der Waals surface area (Å²) < 4.78 is 12.7. The van der Waals surface area contributed by atoms with E-state index in [9.17, 15) is 4.39 Å². The molecule has 0 saturated carbocycles. The van der Waals surface area contributed by atoms with Gasteiger partial charge in [-0.3, -0.25) is 0 Å². The van der Waals surface area contributed by atoms with Crippen molar-refractivity contribution >= 4 is 28.8 Å². The van der Waals surface area contributed by atoms with Gasteiger partial charge in [0, 0.05) is 11.4 Å². The average molecular weight is 204 g/mol. The standard InChI is InChI=1S/C8H7ClFNS/c9-6-1-5(3-8(11)12)2-7(10)4-6/h1-2,4H,3H2,(H2,11,12). The minimum Gasteiger partial charge on any atom is -0.393 e. The van der Waals surface area contributed by atoms with E-state index in [1.54, 1.807) is 6.07 Å². The van der Waals surface area contributed by atoms with Crippen LogP contribution in [0.1, 0.15) is 5.56 Å². The summed E-state index contributed by atoms with van der Waals surface area (Å²) in [5.41, 5.74) is 5.99. The maximum absolute atomic E-state index is 12.7. The molecule has 0 spiro atoms. The summed E-state index contributed by atoms with van der Waals surface area (Å²) in [6.45, 7) is 0. The molecule has 0 aliphatic carbocycles. The molecule has 0 unspecified atom stereocenters. The zero-order chi connectivity index (χ0) is 9.14. The molecule has 0 aliphatic rings. The van der Waals surface area contributed by atoms with Crippen molar-refractivity contribution in [3.05, 3.63) is 34.6 Å². The first-order chi connectivity index (χ1) is 5.58. The van der Waals surface area contributed by atoms with Crippen LogP contribution >= 0.6 is 23.8 Å². The van der Waals surface area contributed by atoms with Crippen LogP contribution in [0.4, 0.5) is 4.39 Å². The molecule has 0 heterocycles. The summed E-state index contributed by atoms with van der Waals surface area (Å²) >= 11 is 10.3. The Labute approximate surface area is 80.3 Å². The fourth-order valence-electron chi connectivity index (χ4n) is 0.914. The first kappa shape index (κ1) is 9.42. The van der Waals surface area contributed by atoms with Crippen LogP contribution in [0, 0.1) is 5.82 Å². The van der Waals surface area contributed by atoms with Gasteiger partial charge in [0.1, 0.15) is 5.82 Å². The zero-order valence-corrected chi connectivity index (χ0v) is 7.75. The average Bonchev–Trinajstić information content (AvgIpc) is 1.81. The highest BCUT2D eigenvalue weighted by Gasteiger charge is 1.99. The highest BCUT2D eigenvalue weighted by Crippen LogP contribution is 2.14. The van der Waals surface area contributed by atoms with Gasteiger partial charge in [0.05, 0.1) is 4.99 Å². The Balaban J connectivity index is 2.93. The number of halogens is 2. The molecular formula is C8H7ClFNS. The molecule has 0 aromatic heterocycles. The van der Waals surface area contributed by atoms with Gasteiger partial charge in [-0.15, -0.1) is 0 Å². The summed E-state index contributed by atoms with van der Waals surface area (Å²) in [5.74, 6) is -0.367. The van der Waals surface area contributed by atoms with E-state index in [1.165, 1.54) is 12.1 Å². The first-order valence-corrected chi connectivity index (χ1v) is 4.10. The Morgan fingerprint density at radius 3 is 2.67 bits per heavy atom. The van der Waals surface area contributed by atoms with Gasteiger partial charge in [0.2, 0.25) is 0 Å². The molecule has 64 valence electrons. The molecule has 1 aromatic rings. The van der Waals surface area contributed by atoms with Gasteiger partial charge in [-0.2, -0.15) is 0 Å². The predicted molar refractivity (Wildman–Crippen MR) is 51.9 cm³/mol. The molecule has 4 heteroatoms. The lowest BCUT2D eigenvalue weighted by molar-refractivity contribution is 0.626. The second-order valence-corrected chi connectivity index (χ2v) is 3.38. The van der Waals surface area contributed by atoms with Crippen molar-refractivity contribution < 1.29 is 4.39 Å². The normalized spacial score (nSPS) is 9.83. The summed E-state index contributed by atoms with van der Waals surface area (Å²) in [6.07, 6.45) is 0.382. The van der Waals surface area contributed by atoms with Crippen molar-refractivity contribution in [2.45, 2.75) is 6.42 Å². The van der Waals surface area contributed by atoms with Crippen molar-refractivity contribution in [3.8, 4) is 0 Å². The number of benzene rings is 1. The molecular weight excluding hydrogens is 197 g/mol. The van der Waals surface area contributed by atoms with E-state index in [2.05, 4.69) is 12.2 Å². The van der Waals surface area contributed by atoms with Crippen LogP contribution in [0.5, 0.6) is 0 Å². The van der Waals surface area contributed by atoms with E-state index in [-0.39, 0.29) is 5.82 Å². The fraction of sp³-hybridized carbons (Fsp3) is 0.125. The molecule has 0 radical (unpaired) electrons. The Kier molecular flexibility index (Phi) is 3.00. The van der Waals surface area contributed by atoms with Crippen molar-refractivity contribution in [2.24, 2.45) is 5.73 Å². The van der Waals surface area contributed by atoms with E-state index in [4.69, 9.17) is 17.3 Å². The minimum atomic E-state index is -0.367. The van der Waals surface area contributed by atoms with Gasteiger partial charge in [-0.05, 0) is 23.8 Å². The molecule has 0 aliphatic heterocycles. The van der Waals surface area contributed by atoms with E-state index >= 15 is 0 Å². The highest BCUT2D eigenvalue weighted by molar-refractivity contribution is 7.80. The van der Waals surface area contributed by atoms with Crippen LogP contribution < -0.4 is 5.73 Å². The summed E-state index contributed by atoms with van der Waals surface area (Å²) in [6, 6.07) is 4.25. The van der Waals surface area contributed by atoms with Gasteiger partial charge in [-0.25, -0.2) is 4.39 Å². The van der Waals surface area contributed by atoms with Crippen molar-refractivity contribution in [1.82, 2.24) is 0 Å². The molecule has 1 nitrogen and oxygen atoms in total. The predicted octanol–water partition coefficient (Wildman–Crippen LogP) is 2.31. The Morgan fingerprint density at radius 1 is 1.50 bits per heavy atom. The molecule has 1 rings (SSSR count). The molecule has 0 atom stereocenters. The molecule has 12 heavy (non-hydrogen) atoms. The van der Waals surface area contributed by atoms with Gasteiger partial charge in [0.25, 0.3) is 0 Å². The summed E-state index contributed by atoms with van der Waals surface area (Å²) in [7, 11) is 0. The van der Waals surface area contributed by atoms with Gasteiger partial charge in [-0.1, -0.05) is 23.8 Å². The van der Waals surface area contributed by atoms with E-state index in [0.29, 0.717) is 22.0 Å². The molecule has 2 N–H and O–H groups in total. The van der Waals surface area contributed by atoms with E-state index in [0.717, 1.165) is 0 Å². The maximum atomic E-state index is 12.7. The molecule has 0 fully saturated rings.